The maximum absolute atomic E-state index is 12.0. The Morgan fingerprint density at radius 3 is 3.15 bits per heavy atom. The van der Waals surface area contributed by atoms with E-state index in [0.717, 1.165) is 11.4 Å². The van der Waals surface area contributed by atoms with Crippen molar-refractivity contribution in [2.24, 2.45) is 0 Å². The molecule has 1 aliphatic rings. The molecule has 108 valence electrons. The molecule has 0 bridgehead atoms. The summed E-state index contributed by atoms with van der Waals surface area (Å²) in [6.45, 7) is 0.829. The van der Waals surface area contributed by atoms with E-state index in [9.17, 15) is 4.79 Å². The van der Waals surface area contributed by atoms with Crippen LogP contribution in [0.3, 0.4) is 0 Å². The molecule has 1 amide bonds. The van der Waals surface area contributed by atoms with E-state index >= 15 is 0 Å². The molecule has 0 radical (unpaired) electrons. The molecule has 0 saturated carbocycles. The van der Waals surface area contributed by atoms with Crippen LogP contribution in [0.5, 0.6) is 0 Å². The van der Waals surface area contributed by atoms with E-state index in [2.05, 4.69) is 17.2 Å². The Bertz CT molecular complexity index is 495. The summed E-state index contributed by atoms with van der Waals surface area (Å²) >= 11 is 3.43. The van der Waals surface area contributed by atoms with E-state index in [1.807, 2.05) is 23.2 Å². The molecule has 2 rings (SSSR count). The van der Waals surface area contributed by atoms with Gasteiger partial charge in [-0.15, -0.1) is 11.3 Å². The van der Waals surface area contributed by atoms with Crippen molar-refractivity contribution >= 4 is 29.0 Å². The zero-order valence-corrected chi connectivity index (χ0v) is 13.0. The third-order valence-electron chi connectivity index (χ3n) is 3.07. The summed E-state index contributed by atoms with van der Waals surface area (Å²) in [5.41, 5.74) is 0.684. The number of aliphatic hydroxyl groups is 1. The third kappa shape index (κ3) is 4.86. The summed E-state index contributed by atoms with van der Waals surface area (Å²) in [6.07, 6.45) is 4.25. The van der Waals surface area contributed by atoms with E-state index in [4.69, 9.17) is 5.11 Å². The second-order valence-electron chi connectivity index (χ2n) is 4.67. The molecule has 1 atom stereocenters. The first-order chi connectivity index (χ1) is 9.79. The van der Waals surface area contributed by atoms with Gasteiger partial charge in [-0.3, -0.25) is 4.79 Å². The second-order valence-corrected chi connectivity index (χ2v) is 6.99. The van der Waals surface area contributed by atoms with E-state index in [0.29, 0.717) is 17.2 Å². The number of aliphatic hydroxyl groups excluding tert-OH is 1. The van der Waals surface area contributed by atoms with Crippen molar-refractivity contribution in [3.63, 3.8) is 0 Å². The molecule has 1 unspecified atom stereocenters. The first-order valence-corrected chi connectivity index (χ1v) is 8.80. The molecular formula is C15H19NO2S2. The Morgan fingerprint density at radius 1 is 1.50 bits per heavy atom. The molecule has 0 aliphatic carbocycles. The lowest BCUT2D eigenvalue weighted by Gasteiger charge is -2.21. The molecule has 1 aromatic rings. The normalized spacial score (nSPS) is 18.1. The summed E-state index contributed by atoms with van der Waals surface area (Å²) in [4.78, 5) is 12.9. The fourth-order valence-corrected chi connectivity index (χ4v) is 4.00. The molecule has 1 saturated heterocycles. The van der Waals surface area contributed by atoms with Gasteiger partial charge in [-0.05, 0) is 24.7 Å². The summed E-state index contributed by atoms with van der Waals surface area (Å²) < 4.78 is 0. The first kappa shape index (κ1) is 15.4. The van der Waals surface area contributed by atoms with Crippen molar-refractivity contribution in [1.82, 2.24) is 5.32 Å². The summed E-state index contributed by atoms with van der Waals surface area (Å²) in [5.74, 6) is 7.01. The highest BCUT2D eigenvalue weighted by atomic mass is 32.2. The number of amides is 1. The predicted molar refractivity (Wildman–Crippen MR) is 85.3 cm³/mol. The highest BCUT2D eigenvalue weighted by Gasteiger charge is 2.15. The highest BCUT2D eigenvalue weighted by molar-refractivity contribution is 7.99. The number of thiophene rings is 1. The van der Waals surface area contributed by atoms with Crippen LogP contribution in [0, 0.1) is 11.8 Å². The zero-order valence-electron chi connectivity index (χ0n) is 11.4. The van der Waals surface area contributed by atoms with E-state index in [1.54, 1.807) is 0 Å². The molecule has 0 aromatic carbocycles. The highest BCUT2D eigenvalue weighted by Crippen LogP contribution is 2.24. The van der Waals surface area contributed by atoms with Crippen LogP contribution in [-0.4, -0.2) is 35.2 Å². The van der Waals surface area contributed by atoms with Gasteiger partial charge in [0.1, 0.15) is 0 Å². The van der Waals surface area contributed by atoms with Gasteiger partial charge >= 0.3 is 0 Å². The van der Waals surface area contributed by atoms with Crippen molar-refractivity contribution < 1.29 is 9.90 Å². The summed E-state index contributed by atoms with van der Waals surface area (Å²) in [6, 6.07) is 1.82. The van der Waals surface area contributed by atoms with Crippen LogP contribution in [0.1, 0.15) is 40.9 Å². The summed E-state index contributed by atoms with van der Waals surface area (Å²) in [7, 11) is 0. The average Bonchev–Trinajstić information content (AvgIpc) is 2.95. The Balaban J connectivity index is 1.81. The minimum Gasteiger partial charge on any atom is -0.395 e. The van der Waals surface area contributed by atoms with Gasteiger partial charge < -0.3 is 10.4 Å². The number of hydrogen-bond donors (Lipinski definition) is 2. The molecule has 2 heterocycles. The molecule has 0 spiro atoms. The maximum atomic E-state index is 12.0. The van der Waals surface area contributed by atoms with Crippen LogP contribution < -0.4 is 5.32 Å². The standard InChI is InChI=1S/C15H19NO2S2/c17-7-3-1-5-13-9-12(11-20-13)15(18)16-10-14-6-2-4-8-19-14/h9,11,14,17H,2-4,6-8,10H2,(H,16,18). The van der Waals surface area contributed by atoms with Crippen LogP contribution in [-0.2, 0) is 0 Å². The smallest absolute Gasteiger partial charge is 0.252 e. The number of hydrogen-bond acceptors (Lipinski definition) is 4. The Hall–Kier alpha value is -0.960. The Labute approximate surface area is 128 Å². The monoisotopic (exact) mass is 309 g/mol. The quantitative estimate of drug-likeness (QED) is 0.840. The fourth-order valence-electron chi connectivity index (χ4n) is 2.00. The molecule has 20 heavy (non-hydrogen) atoms. The maximum Gasteiger partial charge on any atom is 0.252 e. The Morgan fingerprint density at radius 2 is 2.40 bits per heavy atom. The lowest BCUT2D eigenvalue weighted by atomic mass is 10.2. The number of carbonyl (C=O) groups is 1. The number of thioether (sulfide) groups is 1. The van der Waals surface area contributed by atoms with Gasteiger partial charge in [0.15, 0.2) is 0 Å². The van der Waals surface area contributed by atoms with Crippen LogP contribution in [0.4, 0.5) is 0 Å². The number of nitrogens with one attached hydrogen (secondary N) is 1. The number of rotatable bonds is 4. The lowest BCUT2D eigenvalue weighted by Crippen LogP contribution is -2.31. The lowest BCUT2D eigenvalue weighted by molar-refractivity contribution is 0.0954. The first-order valence-electron chi connectivity index (χ1n) is 6.87. The van der Waals surface area contributed by atoms with E-state index in [1.165, 1.54) is 36.4 Å². The predicted octanol–water partition coefficient (Wildman–Crippen LogP) is 2.50. The van der Waals surface area contributed by atoms with Crippen LogP contribution in [0.25, 0.3) is 0 Å². The van der Waals surface area contributed by atoms with Crippen LogP contribution in [0.15, 0.2) is 11.4 Å². The van der Waals surface area contributed by atoms with Gasteiger partial charge in [0.2, 0.25) is 0 Å². The van der Waals surface area contributed by atoms with Crippen molar-refractivity contribution in [3.05, 3.63) is 21.9 Å². The van der Waals surface area contributed by atoms with Crippen molar-refractivity contribution in [3.8, 4) is 11.8 Å². The van der Waals surface area contributed by atoms with Crippen molar-refractivity contribution in [2.45, 2.75) is 30.9 Å². The van der Waals surface area contributed by atoms with Crippen LogP contribution >= 0.6 is 23.1 Å². The largest absolute Gasteiger partial charge is 0.395 e. The zero-order chi connectivity index (χ0) is 14.2. The van der Waals surface area contributed by atoms with Gasteiger partial charge in [-0.2, -0.15) is 11.8 Å². The second kappa shape index (κ2) is 8.35. The molecule has 2 N–H and O–H groups in total. The minimum atomic E-state index is -0.0115. The van der Waals surface area contributed by atoms with Gasteiger partial charge in [0.05, 0.1) is 17.0 Å². The average molecular weight is 309 g/mol. The molecule has 1 aromatic heterocycles. The summed E-state index contributed by atoms with van der Waals surface area (Å²) in [5, 5.41) is 14.1. The molecular weight excluding hydrogens is 290 g/mol. The van der Waals surface area contributed by atoms with Crippen molar-refractivity contribution in [1.29, 1.82) is 0 Å². The van der Waals surface area contributed by atoms with Gasteiger partial charge in [-0.1, -0.05) is 18.3 Å². The molecule has 1 aliphatic heterocycles. The third-order valence-corrected chi connectivity index (χ3v) is 5.32. The molecule has 1 fully saturated rings. The van der Waals surface area contributed by atoms with E-state index in [-0.39, 0.29) is 12.5 Å². The van der Waals surface area contributed by atoms with E-state index < -0.39 is 0 Å². The fraction of sp³-hybridized carbons (Fsp3) is 0.533. The van der Waals surface area contributed by atoms with Gasteiger partial charge in [0, 0.05) is 23.6 Å². The van der Waals surface area contributed by atoms with Crippen molar-refractivity contribution in [2.75, 3.05) is 18.9 Å². The van der Waals surface area contributed by atoms with Gasteiger partial charge in [0.25, 0.3) is 5.91 Å². The van der Waals surface area contributed by atoms with Crippen LogP contribution in [0.2, 0.25) is 0 Å². The SMILES string of the molecule is O=C(NCC1CCCCS1)c1csc(C#CCCO)c1. The molecule has 3 nitrogen and oxygen atoms in total. The van der Waals surface area contributed by atoms with Gasteiger partial charge in [-0.25, -0.2) is 0 Å². The molecule has 5 heteroatoms. The minimum absolute atomic E-state index is 0.0115. The number of carbonyl (C=O) groups excluding carboxylic acids is 1. The topological polar surface area (TPSA) is 49.3 Å². The Kier molecular flexibility index (Phi) is 6.44.